The van der Waals surface area contributed by atoms with E-state index in [2.05, 4.69) is 0 Å². The van der Waals surface area contributed by atoms with E-state index in [0.717, 1.165) is 12.1 Å². The van der Waals surface area contributed by atoms with Gasteiger partial charge in [-0.15, -0.1) is 0 Å². The highest BCUT2D eigenvalue weighted by Crippen LogP contribution is 2.36. The van der Waals surface area contributed by atoms with Crippen LogP contribution in [-0.2, 0) is 4.79 Å². The van der Waals surface area contributed by atoms with Gasteiger partial charge in [0.05, 0.1) is 6.61 Å². The second kappa shape index (κ2) is 5.59. The maximum Gasteiger partial charge on any atom is 0.463 e. The third-order valence-electron chi connectivity index (χ3n) is 2.13. The van der Waals surface area contributed by atoms with Crippen LogP contribution >= 0.6 is 0 Å². The predicted octanol–water partition coefficient (Wildman–Crippen LogP) is 3.36. The largest absolute Gasteiger partial charge is 0.491 e. The molecular formula is C11H9F6NO2. The molecule has 0 fully saturated rings. The lowest BCUT2D eigenvalue weighted by Crippen LogP contribution is -2.47. The molecule has 1 aromatic rings. The molecule has 9 heteroatoms. The third-order valence-corrected chi connectivity index (χ3v) is 2.13. The number of ether oxygens (including phenoxy) is 1. The standard InChI is InChI=1S/C11H9F6NO2/c1-2-20-8-4-3-6(5-7(8)12)18-9(19)10(13,14)11(15,16)17/h3-5H,2H2,1H3,(H,18,19). The summed E-state index contributed by atoms with van der Waals surface area (Å²) in [6, 6.07) is 2.52. The van der Waals surface area contributed by atoms with E-state index in [1.165, 1.54) is 5.32 Å². The maximum atomic E-state index is 13.3. The van der Waals surface area contributed by atoms with Gasteiger partial charge in [-0.3, -0.25) is 4.79 Å². The molecule has 3 nitrogen and oxygen atoms in total. The first-order valence-electron chi connectivity index (χ1n) is 5.28. The van der Waals surface area contributed by atoms with Crippen LogP contribution in [0.2, 0.25) is 0 Å². The van der Waals surface area contributed by atoms with Crippen molar-refractivity contribution < 1.29 is 35.9 Å². The average molecular weight is 301 g/mol. The van der Waals surface area contributed by atoms with E-state index in [4.69, 9.17) is 4.74 Å². The molecule has 0 atom stereocenters. The molecular weight excluding hydrogens is 292 g/mol. The third kappa shape index (κ3) is 3.34. The Balaban J connectivity index is 2.89. The van der Waals surface area contributed by atoms with Gasteiger partial charge in [0, 0.05) is 11.8 Å². The molecule has 0 aromatic heterocycles. The minimum atomic E-state index is -6.03. The van der Waals surface area contributed by atoms with Gasteiger partial charge in [-0.05, 0) is 19.1 Å². The van der Waals surface area contributed by atoms with Gasteiger partial charge in [0.15, 0.2) is 11.6 Å². The van der Waals surface area contributed by atoms with Crippen LogP contribution in [0, 0.1) is 5.82 Å². The van der Waals surface area contributed by atoms with E-state index in [0.29, 0.717) is 6.07 Å². The zero-order chi connectivity index (χ0) is 15.6. The van der Waals surface area contributed by atoms with E-state index in [1.807, 2.05) is 0 Å². The number of hydrogen-bond donors (Lipinski definition) is 1. The zero-order valence-corrected chi connectivity index (χ0v) is 10.0. The molecule has 1 rings (SSSR count). The minimum Gasteiger partial charge on any atom is -0.491 e. The molecule has 0 aliphatic carbocycles. The predicted molar refractivity (Wildman–Crippen MR) is 57.2 cm³/mol. The highest BCUT2D eigenvalue weighted by atomic mass is 19.4. The van der Waals surface area contributed by atoms with Gasteiger partial charge in [0.25, 0.3) is 0 Å². The molecule has 0 saturated carbocycles. The van der Waals surface area contributed by atoms with Crippen molar-refractivity contribution in [1.29, 1.82) is 0 Å². The summed E-state index contributed by atoms with van der Waals surface area (Å²) < 4.78 is 79.2. The van der Waals surface area contributed by atoms with E-state index in [9.17, 15) is 31.1 Å². The fourth-order valence-corrected chi connectivity index (χ4v) is 1.19. The summed E-state index contributed by atoms with van der Waals surface area (Å²) in [6.45, 7) is 1.70. The number of carbonyl (C=O) groups excluding carboxylic acids is 1. The molecule has 0 unspecified atom stereocenters. The van der Waals surface area contributed by atoms with Crippen molar-refractivity contribution in [2.75, 3.05) is 11.9 Å². The second-order valence-corrected chi connectivity index (χ2v) is 3.60. The number of rotatable bonds is 4. The van der Waals surface area contributed by atoms with Crippen LogP contribution in [0.15, 0.2) is 18.2 Å². The fourth-order valence-electron chi connectivity index (χ4n) is 1.19. The molecule has 0 saturated heterocycles. The summed E-state index contributed by atoms with van der Waals surface area (Å²) in [5.74, 6) is -9.37. The summed E-state index contributed by atoms with van der Waals surface area (Å²) >= 11 is 0. The smallest absolute Gasteiger partial charge is 0.463 e. The number of benzene rings is 1. The lowest BCUT2D eigenvalue weighted by atomic mass is 10.2. The Morgan fingerprint density at radius 3 is 2.30 bits per heavy atom. The van der Waals surface area contributed by atoms with Crippen LogP contribution in [0.1, 0.15) is 6.92 Å². The summed E-state index contributed by atoms with van der Waals surface area (Å²) in [5, 5.41) is 1.29. The van der Waals surface area contributed by atoms with Crippen LogP contribution < -0.4 is 10.1 Å². The van der Waals surface area contributed by atoms with Crippen molar-refractivity contribution in [3.63, 3.8) is 0 Å². The van der Waals surface area contributed by atoms with Crippen molar-refractivity contribution >= 4 is 11.6 Å². The van der Waals surface area contributed by atoms with Crippen LogP contribution in [0.4, 0.5) is 32.0 Å². The van der Waals surface area contributed by atoms with Crippen molar-refractivity contribution in [2.24, 2.45) is 0 Å². The van der Waals surface area contributed by atoms with Crippen molar-refractivity contribution in [3.05, 3.63) is 24.0 Å². The van der Waals surface area contributed by atoms with Crippen LogP contribution in [0.3, 0.4) is 0 Å². The molecule has 0 aliphatic rings. The van der Waals surface area contributed by atoms with Gasteiger partial charge < -0.3 is 10.1 Å². The molecule has 0 radical (unpaired) electrons. The van der Waals surface area contributed by atoms with Crippen molar-refractivity contribution in [3.8, 4) is 5.75 Å². The Bertz CT molecular complexity index is 500. The van der Waals surface area contributed by atoms with Crippen LogP contribution in [0.5, 0.6) is 5.75 Å². The first-order valence-corrected chi connectivity index (χ1v) is 5.28. The fraction of sp³-hybridized carbons (Fsp3) is 0.364. The van der Waals surface area contributed by atoms with Gasteiger partial charge in [-0.2, -0.15) is 22.0 Å². The monoisotopic (exact) mass is 301 g/mol. The van der Waals surface area contributed by atoms with E-state index < -0.39 is 29.5 Å². The first-order chi connectivity index (χ1) is 9.09. The normalized spacial score (nSPS) is 12.2. The highest BCUT2D eigenvalue weighted by Gasteiger charge is 2.63. The van der Waals surface area contributed by atoms with Crippen LogP contribution in [-0.4, -0.2) is 24.6 Å². The number of amides is 1. The van der Waals surface area contributed by atoms with E-state index >= 15 is 0 Å². The van der Waals surface area contributed by atoms with Crippen molar-refractivity contribution in [2.45, 2.75) is 19.0 Å². The summed E-state index contributed by atoms with van der Waals surface area (Å²) in [6.07, 6.45) is -6.03. The minimum absolute atomic E-state index is 0.134. The number of alkyl halides is 5. The number of carbonyl (C=O) groups is 1. The van der Waals surface area contributed by atoms with E-state index in [1.54, 1.807) is 6.92 Å². The van der Waals surface area contributed by atoms with Gasteiger partial charge >= 0.3 is 18.0 Å². The number of anilines is 1. The quantitative estimate of drug-likeness (QED) is 0.866. The molecule has 112 valence electrons. The maximum absolute atomic E-state index is 13.3. The summed E-state index contributed by atoms with van der Waals surface area (Å²) in [5.41, 5.74) is -0.542. The molecule has 0 aliphatic heterocycles. The Labute approximate surface area is 109 Å². The topological polar surface area (TPSA) is 38.3 Å². The molecule has 0 heterocycles. The zero-order valence-electron chi connectivity index (χ0n) is 10.0. The van der Waals surface area contributed by atoms with Crippen molar-refractivity contribution in [1.82, 2.24) is 0 Å². The molecule has 1 amide bonds. The Morgan fingerprint density at radius 1 is 1.25 bits per heavy atom. The molecule has 1 N–H and O–H groups in total. The molecule has 20 heavy (non-hydrogen) atoms. The molecule has 0 spiro atoms. The summed E-state index contributed by atoms with van der Waals surface area (Å²) in [7, 11) is 0. The number of halogens is 6. The lowest BCUT2D eigenvalue weighted by molar-refractivity contribution is -0.267. The first kappa shape index (κ1) is 16.1. The number of nitrogens with one attached hydrogen (secondary N) is 1. The van der Waals surface area contributed by atoms with E-state index in [-0.39, 0.29) is 12.4 Å². The Morgan fingerprint density at radius 2 is 1.85 bits per heavy atom. The SMILES string of the molecule is CCOc1ccc(NC(=O)C(F)(F)C(F)(F)F)cc1F. The van der Waals surface area contributed by atoms with Gasteiger partial charge in [-0.1, -0.05) is 0 Å². The van der Waals surface area contributed by atoms with Gasteiger partial charge in [-0.25, -0.2) is 4.39 Å². The average Bonchev–Trinajstić information content (AvgIpc) is 2.31. The second-order valence-electron chi connectivity index (χ2n) is 3.60. The molecule has 0 bridgehead atoms. The highest BCUT2D eigenvalue weighted by molar-refractivity contribution is 5.96. The summed E-state index contributed by atoms with van der Waals surface area (Å²) in [4.78, 5) is 10.9. The van der Waals surface area contributed by atoms with Gasteiger partial charge in [0.1, 0.15) is 0 Å². The lowest BCUT2D eigenvalue weighted by Gasteiger charge is -2.18. The Hall–Kier alpha value is -1.93. The molecule has 1 aromatic carbocycles. The number of hydrogen-bond acceptors (Lipinski definition) is 2. The van der Waals surface area contributed by atoms with Crippen LogP contribution in [0.25, 0.3) is 0 Å². The Kier molecular flexibility index (Phi) is 4.51. The van der Waals surface area contributed by atoms with Gasteiger partial charge in [0.2, 0.25) is 0 Å².